The Hall–Kier alpha value is -0.160. The highest BCUT2D eigenvalue weighted by Gasteiger charge is 2.31. The fraction of sp³-hybridized carbons (Fsp3) is 0.905. The van der Waals surface area contributed by atoms with Crippen molar-refractivity contribution in [3.8, 4) is 0 Å². The van der Waals surface area contributed by atoms with Crippen LogP contribution in [0.2, 0.25) is 0 Å². The molecule has 0 aliphatic carbocycles. The Kier molecular flexibility index (Phi) is 39.3. The van der Waals surface area contributed by atoms with Crippen LogP contribution in [-0.2, 0) is 9.47 Å². The number of allylic oxidation sites excluding steroid dienone is 4. The number of hydrogen-bond donors (Lipinski definition) is 0. The van der Waals surface area contributed by atoms with Gasteiger partial charge in [0.2, 0.25) is 6.23 Å². The molecule has 0 rings (SSSR count). The van der Waals surface area contributed by atoms with Gasteiger partial charge in [-0.2, -0.15) is 0 Å². The molecule has 276 valence electrons. The van der Waals surface area contributed by atoms with Crippen molar-refractivity contribution in [2.45, 2.75) is 213 Å². The molecule has 0 saturated heterocycles. The Morgan fingerprint density at radius 3 is 1.02 bits per heavy atom. The Balaban J connectivity index is 0. The summed E-state index contributed by atoms with van der Waals surface area (Å²) in [7, 11) is 6.70. The number of unbranched alkanes of at least 4 members (excludes halogenated alkanes) is 24. The summed E-state index contributed by atoms with van der Waals surface area (Å²) in [5.41, 5.74) is 0. The predicted octanol–water partition coefficient (Wildman–Crippen LogP) is 10.5. The summed E-state index contributed by atoms with van der Waals surface area (Å²) in [6.07, 6.45) is 47.5. The van der Waals surface area contributed by atoms with Gasteiger partial charge in [0.1, 0.15) is 6.10 Å². The third kappa shape index (κ3) is 35.2. The van der Waals surface area contributed by atoms with Crippen LogP contribution in [0.15, 0.2) is 24.3 Å². The van der Waals surface area contributed by atoms with E-state index in [4.69, 9.17) is 9.47 Å². The van der Waals surface area contributed by atoms with Gasteiger partial charge in [-0.1, -0.05) is 154 Å². The van der Waals surface area contributed by atoms with Crippen LogP contribution in [0, 0.1) is 0 Å². The summed E-state index contributed by atoms with van der Waals surface area (Å²) < 4.78 is 13.5. The minimum absolute atomic E-state index is 0. The van der Waals surface area contributed by atoms with Crippen molar-refractivity contribution in [3.05, 3.63) is 24.3 Å². The van der Waals surface area contributed by atoms with E-state index in [0.717, 1.165) is 24.1 Å². The van der Waals surface area contributed by atoms with Crippen molar-refractivity contribution in [3.63, 3.8) is 0 Å². The number of ether oxygens (including phenoxy) is 2. The van der Waals surface area contributed by atoms with Crippen LogP contribution in [0.3, 0.4) is 0 Å². The number of halogens is 1. The number of quaternary nitrogens is 1. The smallest absolute Gasteiger partial charge is 0.219 e. The molecule has 0 aromatic heterocycles. The van der Waals surface area contributed by atoms with Crippen LogP contribution in [-0.4, -0.2) is 51.2 Å². The van der Waals surface area contributed by atoms with Gasteiger partial charge >= 0.3 is 0 Å². The summed E-state index contributed by atoms with van der Waals surface area (Å²) in [5.74, 6) is 0. The number of nitrogens with zero attached hydrogens (tertiary/aromatic N) is 1. The highest BCUT2D eigenvalue weighted by atomic mass is 79.9. The van der Waals surface area contributed by atoms with Crippen molar-refractivity contribution < 1.29 is 30.9 Å². The Labute approximate surface area is 301 Å². The first-order valence-electron chi connectivity index (χ1n) is 20.3. The minimum atomic E-state index is 0. The summed E-state index contributed by atoms with van der Waals surface area (Å²) in [6.45, 7) is 8.49. The van der Waals surface area contributed by atoms with E-state index >= 15 is 0 Å². The van der Waals surface area contributed by atoms with E-state index in [1.54, 1.807) is 0 Å². The fourth-order valence-corrected chi connectivity index (χ4v) is 6.24. The fourth-order valence-electron chi connectivity index (χ4n) is 6.24. The molecule has 0 bridgehead atoms. The van der Waals surface area contributed by atoms with Crippen LogP contribution in [0.4, 0.5) is 0 Å². The molecule has 2 atom stereocenters. The first kappa shape index (κ1) is 48.0. The molecule has 0 aromatic carbocycles. The quantitative estimate of drug-likeness (QED) is 0.0278. The van der Waals surface area contributed by atoms with Crippen molar-refractivity contribution >= 4 is 0 Å². The molecule has 0 fully saturated rings. The molecule has 0 spiro atoms. The molecule has 2 unspecified atom stereocenters. The maximum atomic E-state index is 6.40. The predicted molar refractivity (Wildman–Crippen MR) is 202 cm³/mol. The third-order valence-electron chi connectivity index (χ3n) is 9.15. The Morgan fingerprint density at radius 2 is 0.696 bits per heavy atom. The summed E-state index contributed by atoms with van der Waals surface area (Å²) in [5, 5.41) is 0. The standard InChI is InChI=1S/C42H84NO2.BrH/c1-7-9-11-13-15-17-19-21-23-25-27-29-31-33-35-37-39-44-41(3)42(43(4,5)6)45-40-38-36-34-32-30-28-26-24-22-20-18-16-14-12-10-8-2;/h21-24,41-42H,7-20,25-40H2,1-6H3;1H/q+1;/p-1/b23-21-,24-22-;. The molecule has 4 heteroatoms. The Bertz CT molecular complexity index is 630. The van der Waals surface area contributed by atoms with E-state index in [2.05, 4.69) is 66.2 Å². The molecular formula is C42H84BrNO2. The SMILES string of the molecule is CCCCCCCC/C=C\CCCCCCCCOC(C)C(OCCCCCCCC/C=C\CCCCCCCC)[N+](C)(C)C.[Br-]. The molecule has 0 N–H and O–H groups in total. The zero-order chi connectivity index (χ0) is 33.1. The number of hydrogen-bond acceptors (Lipinski definition) is 2. The van der Waals surface area contributed by atoms with Crippen LogP contribution in [0.5, 0.6) is 0 Å². The van der Waals surface area contributed by atoms with Gasteiger partial charge in [0.25, 0.3) is 0 Å². The normalized spacial score (nSPS) is 13.5. The summed E-state index contributed by atoms with van der Waals surface area (Å²) >= 11 is 0. The van der Waals surface area contributed by atoms with E-state index in [0.29, 0.717) is 0 Å². The lowest BCUT2D eigenvalue weighted by Gasteiger charge is -2.37. The molecule has 46 heavy (non-hydrogen) atoms. The van der Waals surface area contributed by atoms with Crippen molar-refractivity contribution in [1.29, 1.82) is 0 Å². The highest BCUT2D eigenvalue weighted by Crippen LogP contribution is 2.16. The average molecular weight is 715 g/mol. The molecule has 0 radical (unpaired) electrons. The van der Waals surface area contributed by atoms with Gasteiger partial charge in [-0.05, 0) is 71.1 Å². The van der Waals surface area contributed by atoms with Gasteiger partial charge in [-0.15, -0.1) is 0 Å². The third-order valence-corrected chi connectivity index (χ3v) is 9.15. The van der Waals surface area contributed by atoms with Crippen molar-refractivity contribution in [1.82, 2.24) is 0 Å². The second-order valence-electron chi connectivity index (χ2n) is 14.8. The molecular weight excluding hydrogens is 630 g/mol. The number of likely N-dealkylation sites (N-methyl/N-ethyl adjacent to an activating group) is 1. The van der Waals surface area contributed by atoms with E-state index < -0.39 is 0 Å². The van der Waals surface area contributed by atoms with E-state index in [1.807, 2.05) is 0 Å². The molecule has 0 aromatic rings. The van der Waals surface area contributed by atoms with Gasteiger partial charge in [-0.25, -0.2) is 0 Å². The topological polar surface area (TPSA) is 18.5 Å². The van der Waals surface area contributed by atoms with Crippen LogP contribution < -0.4 is 17.0 Å². The van der Waals surface area contributed by atoms with Crippen LogP contribution >= 0.6 is 0 Å². The summed E-state index contributed by atoms with van der Waals surface area (Å²) in [6, 6.07) is 0. The lowest BCUT2D eigenvalue weighted by molar-refractivity contribution is -0.923. The zero-order valence-electron chi connectivity index (χ0n) is 32.3. The molecule has 3 nitrogen and oxygen atoms in total. The second kappa shape index (κ2) is 37.7. The van der Waals surface area contributed by atoms with Crippen molar-refractivity contribution in [2.24, 2.45) is 0 Å². The maximum Gasteiger partial charge on any atom is 0.219 e. The lowest BCUT2D eigenvalue weighted by Crippen LogP contribution is -3.00. The molecule has 0 heterocycles. The van der Waals surface area contributed by atoms with E-state index in [1.165, 1.54) is 173 Å². The van der Waals surface area contributed by atoms with Gasteiger partial charge in [0.15, 0.2) is 0 Å². The van der Waals surface area contributed by atoms with Crippen LogP contribution in [0.1, 0.15) is 201 Å². The minimum Gasteiger partial charge on any atom is -1.00 e. The van der Waals surface area contributed by atoms with Gasteiger partial charge < -0.3 is 30.9 Å². The number of rotatable bonds is 36. The Morgan fingerprint density at radius 1 is 0.413 bits per heavy atom. The molecule has 0 amide bonds. The first-order valence-corrected chi connectivity index (χ1v) is 20.3. The van der Waals surface area contributed by atoms with Gasteiger partial charge in [0, 0.05) is 6.61 Å². The van der Waals surface area contributed by atoms with Crippen LogP contribution in [0.25, 0.3) is 0 Å². The summed E-state index contributed by atoms with van der Waals surface area (Å²) in [4.78, 5) is 0. The van der Waals surface area contributed by atoms with Gasteiger partial charge in [-0.3, -0.25) is 0 Å². The van der Waals surface area contributed by atoms with E-state index in [-0.39, 0.29) is 29.3 Å². The maximum absolute atomic E-state index is 6.40. The largest absolute Gasteiger partial charge is 1.00 e. The molecule has 0 saturated carbocycles. The molecule has 0 aliphatic heterocycles. The monoisotopic (exact) mass is 714 g/mol. The van der Waals surface area contributed by atoms with Crippen molar-refractivity contribution in [2.75, 3.05) is 34.4 Å². The second-order valence-corrected chi connectivity index (χ2v) is 14.8. The highest BCUT2D eigenvalue weighted by molar-refractivity contribution is 4.82. The average Bonchev–Trinajstić information content (AvgIpc) is 3.01. The van der Waals surface area contributed by atoms with E-state index in [9.17, 15) is 0 Å². The zero-order valence-corrected chi connectivity index (χ0v) is 33.9. The van der Waals surface area contributed by atoms with Gasteiger partial charge in [0.05, 0.1) is 27.7 Å². The lowest BCUT2D eigenvalue weighted by atomic mass is 10.1. The molecule has 0 aliphatic rings. The first-order chi connectivity index (χ1) is 21.9.